The Morgan fingerprint density at radius 1 is 1.47 bits per heavy atom. The minimum absolute atomic E-state index is 0.127. The van der Waals surface area contributed by atoms with Crippen molar-refractivity contribution >= 4 is 27.4 Å². The van der Waals surface area contributed by atoms with Gasteiger partial charge < -0.3 is 4.18 Å². The van der Waals surface area contributed by atoms with Gasteiger partial charge in [0.1, 0.15) is 0 Å². The summed E-state index contributed by atoms with van der Waals surface area (Å²) in [5.74, 6) is -0.355. The van der Waals surface area contributed by atoms with Crippen LogP contribution < -0.4 is 4.18 Å². The van der Waals surface area contributed by atoms with Crippen LogP contribution in [0.15, 0.2) is 18.2 Å². The highest BCUT2D eigenvalue weighted by Gasteiger charge is 2.18. The number of nitro benzene ring substituents is 1. The molecule has 0 heterocycles. The second kappa shape index (κ2) is 4.03. The van der Waals surface area contributed by atoms with Gasteiger partial charge in [0.15, 0.2) is 0 Å². The lowest BCUT2D eigenvalue weighted by Crippen LogP contribution is -2.07. The highest BCUT2D eigenvalue weighted by Crippen LogP contribution is 2.30. The molecule has 0 saturated heterocycles. The van der Waals surface area contributed by atoms with Gasteiger partial charge in [0.05, 0.1) is 11.2 Å². The van der Waals surface area contributed by atoms with Crippen LogP contribution in [0.4, 0.5) is 5.69 Å². The van der Waals surface area contributed by atoms with Crippen LogP contribution in [0.2, 0.25) is 5.02 Å². The van der Waals surface area contributed by atoms with Crippen LogP contribution in [0.25, 0.3) is 0 Å². The molecule has 8 heteroatoms. The van der Waals surface area contributed by atoms with Gasteiger partial charge in [0, 0.05) is 11.1 Å². The fourth-order valence-corrected chi connectivity index (χ4v) is 1.50. The van der Waals surface area contributed by atoms with Gasteiger partial charge in [0.2, 0.25) is 5.75 Å². The summed E-state index contributed by atoms with van der Waals surface area (Å²) in [5, 5.41) is 10.7. The highest BCUT2D eigenvalue weighted by atomic mass is 35.5. The minimum Gasteiger partial charge on any atom is -0.375 e. The number of hydrogen-bond acceptors (Lipinski definition) is 5. The van der Waals surface area contributed by atoms with Gasteiger partial charge in [-0.1, -0.05) is 11.6 Å². The number of rotatable bonds is 3. The first-order valence-electron chi connectivity index (χ1n) is 3.63. The van der Waals surface area contributed by atoms with E-state index in [0.717, 1.165) is 18.4 Å². The van der Waals surface area contributed by atoms with Crippen molar-refractivity contribution in [3.63, 3.8) is 0 Å². The van der Waals surface area contributed by atoms with E-state index < -0.39 is 20.7 Å². The van der Waals surface area contributed by atoms with Crippen molar-refractivity contribution in [2.75, 3.05) is 6.26 Å². The maximum Gasteiger partial charge on any atom is 0.314 e. The van der Waals surface area contributed by atoms with Crippen molar-refractivity contribution in [3.8, 4) is 5.75 Å². The van der Waals surface area contributed by atoms with Crippen LogP contribution in [0, 0.1) is 10.1 Å². The summed E-state index contributed by atoms with van der Waals surface area (Å²) < 4.78 is 26.0. The minimum atomic E-state index is -3.79. The van der Waals surface area contributed by atoms with Crippen LogP contribution in [0.3, 0.4) is 0 Å². The molecule has 1 rings (SSSR count). The van der Waals surface area contributed by atoms with Crippen LogP contribution >= 0.6 is 11.6 Å². The molecule has 0 amide bonds. The Labute approximate surface area is 90.7 Å². The van der Waals surface area contributed by atoms with Crippen molar-refractivity contribution in [1.82, 2.24) is 0 Å². The molecule has 0 atom stereocenters. The molecule has 0 N–H and O–H groups in total. The Morgan fingerprint density at radius 3 is 2.53 bits per heavy atom. The molecule has 0 aliphatic rings. The summed E-state index contributed by atoms with van der Waals surface area (Å²) in [4.78, 5) is 9.76. The average molecular weight is 252 g/mol. The summed E-state index contributed by atoms with van der Waals surface area (Å²) in [6.45, 7) is 0. The molecule has 0 radical (unpaired) electrons. The Bertz CT molecular complexity index is 498. The topological polar surface area (TPSA) is 86.5 Å². The van der Waals surface area contributed by atoms with Gasteiger partial charge >= 0.3 is 15.8 Å². The van der Waals surface area contributed by atoms with E-state index in [0.29, 0.717) is 0 Å². The lowest BCUT2D eigenvalue weighted by Gasteiger charge is -2.03. The summed E-state index contributed by atoms with van der Waals surface area (Å²) in [6, 6.07) is 3.44. The van der Waals surface area contributed by atoms with Crippen molar-refractivity contribution in [3.05, 3.63) is 33.3 Å². The van der Waals surface area contributed by atoms with Crippen molar-refractivity contribution in [2.45, 2.75) is 0 Å². The molecular formula is C7H6ClNO5S. The molecule has 1 aromatic carbocycles. The Balaban J connectivity index is 3.24. The van der Waals surface area contributed by atoms with Crippen LogP contribution in [-0.4, -0.2) is 19.6 Å². The monoisotopic (exact) mass is 251 g/mol. The van der Waals surface area contributed by atoms with E-state index in [1.54, 1.807) is 0 Å². The molecule has 0 saturated carbocycles. The molecule has 6 nitrogen and oxygen atoms in total. The van der Waals surface area contributed by atoms with Crippen molar-refractivity contribution < 1.29 is 17.5 Å². The van der Waals surface area contributed by atoms with Crippen LogP contribution in [-0.2, 0) is 10.1 Å². The van der Waals surface area contributed by atoms with E-state index in [-0.39, 0.29) is 10.8 Å². The molecule has 82 valence electrons. The number of nitrogens with zero attached hydrogens (tertiary/aromatic N) is 1. The van der Waals surface area contributed by atoms with Crippen LogP contribution in [0.1, 0.15) is 0 Å². The lowest BCUT2D eigenvalue weighted by molar-refractivity contribution is -0.385. The Hall–Kier alpha value is -1.34. The molecule has 1 aromatic rings. The number of benzene rings is 1. The number of hydrogen-bond donors (Lipinski definition) is 0. The van der Waals surface area contributed by atoms with Gasteiger partial charge in [-0.2, -0.15) is 8.42 Å². The second-order valence-corrected chi connectivity index (χ2v) is 4.67. The SMILES string of the molecule is CS(=O)(=O)Oc1ccc(Cl)cc1[N+](=O)[O-]. The normalized spacial score (nSPS) is 11.1. The van der Waals surface area contributed by atoms with E-state index in [4.69, 9.17) is 11.6 Å². The molecule has 0 aliphatic carbocycles. The first-order valence-corrected chi connectivity index (χ1v) is 5.82. The van der Waals surface area contributed by atoms with Crippen molar-refractivity contribution in [2.24, 2.45) is 0 Å². The summed E-state index contributed by atoms with van der Waals surface area (Å²) in [5.41, 5.74) is -0.493. The van der Waals surface area contributed by atoms with E-state index >= 15 is 0 Å². The van der Waals surface area contributed by atoms with E-state index in [1.807, 2.05) is 0 Å². The second-order valence-electron chi connectivity index (χ2n) is 2.66. The van der Waals surface area contributed by atoms with Gasteiger partial charge in [-0.25, -0.2) is 0 Å². The van der Waals surface area contributed by atoms with Gasteiger partial charge in [-0.05, 0) is 12.1 Å². The maximum absolute atomic E-state index is 10.8. The third-order valence-corrected chi connectivity index (χ3v) is 2.08. The predicted molar refractivity (Wildman–Crippen MR) is 53.6 cm³/mol. The Morgan fingerprint density at radius 2 is 2.07 bits per heavy atom. The van der Waals surface area contributed by atoms with Gasteiger partial charge in [0.25, 0.3) is 0 Å². The fraction of sp³-hybridized carbons (Fsp3) is 0.143. The molecular weight excluding hydrogens is 246 g/mol. The van der Waals surface area contributed by atoms with Crippen molar-refractivity contribution in [1.29, 1.82) is 0 Å². The highest BCUT2D eigenvalue weighted by molar-refractivity contribution is 7.86. The summed E-state index contributed by atoms with van der Waals surface area (Å²) >= 11 is 5.52. The van der Waals surface area contributed by atoms with Gasteiger partial charge in [-0.15, -0.1) is 0 Å². The van der Waals surface area contributed by atoms with E-state index in [1.165, 1.54) is 6.07 Å². The standard InChI is InChI=1S/C7H6ClNO5S/c1-15(12,13)14-7-3-2-5(8)4-6(7)9(10)11/h2-4H,1H3. The first-order chi connectivity index (χ1) is 6.79. The quantitative estimate of drug-likeness (QED) is 0.462. The first kappa shape index (κ1) is 11.7. The molecule has 0 fully saturated rings. The zero-order valence-corrected chi connectivity index (χ0v) is 9.08. The van der Waals surface area contributed by atoms with E-state index in [2.05, 4.69) is 4.18 Å². The third-order valence-electron chi connectivity index (χ3n) is 1.36. The number of halogens is 1. The van der Waals surface area contributed by atoms with Crippen LogP contribution in [0.5, 0.6) is 5.75 Å². The fourth-order valence-electron chi connectivity index (χ4n) is 0.867. The summed E-state index contributed by atoms with van der Waals surface area (Å²) in [7, 11) is -3.79. The summed E-state index contributed by atoms with van der Waals surface area (Å²) in [6.07, 6.45) is 0.797. The molecule has 0 aliphatic heterocycles. The molecule has 0 unspecified atom stereocenters. The van der Waals surface area contributed by atoms with Gasteiger partial charge in [-0.3, -0.25) is 10.1 Å². The Kier molecular flexibility index (Phi) is 3.15. The van der Waals surface area contributed by atoms with E-state index in [9.17, 15) is 18.5 Å². The average Bonchev–Trinajstić information content (AvgIpc) is 2.05. The smallest absolute Gasteiger partial charge is 0.314 e. The molecule has 0 aromatic heterocycles. The lowest BCUT2D eigenvalue weighted by atomic mass is 10.3. The molecule has 0 spiro atoms. The maximum atomic E-state index is 10.8. The molecule has 15 heavy (non-hydrogen) atoms. The zero-order chi connectivity index (χ0) is 11.6. The number of nitro groups is 1. The largest absolute Gasteiger partial charge is 0.375 e. The zero-order valence-electron chi connectivity index (χ0n) is 7.51. The molecule has 0 bridgehead atoms. The predicted octanol–water partition coefficient (Wildman–Crippen LogP) is 1.59. The third kappa shape index (κ3) is 3.37.